The Balaban J connectivity index is 1.66. The van der Waals surface area contributed by atoms with Crippen molar-refractivity contribution in [3.63, 3.8) is 0 Å². The van der Waals surface area contributed by atoms with Crippen LogP contribution in [0.1, 0.15) is 18.5 Å². The molecule has 2 aromatic rings. The van der Waals surface area contributed by atoms with Crippen LogP contribution in [0.4, 0.5) is 4.79 Å². The van der Waals surface area contributed by atoms with Crippen LogP contribution < -0.4 is 16.0 Å². The second kappa shape index (κ2) is 7.95. The molecule has 0 unspecified atom stereocenters. The number of thioether (sulfide) groups is 1. The van der Waals surface area contributed by atoms with Crippen molar-refractivity contribution >= 4 is 23.7 Å². The number of aryl methyl sites for hydroxylation is 1. The molecule has 2 aromatic heterocycles. The average Bonchev–Trinajstić information content (AvgIpc) is 3.03. The number of nitrogens with zero attached hydrogens (tertiary/aromatic N) is 5. The Morgan fingerprint density at radius 3 is 3.00 bits per heavy atom. The standard InChI is InChI=1S/C15H18N8O2S/c1-9-11(12(19-14(25)18-9)10-4-3-5-16-8-10)13(24)17-6-7-26-15-20-21-22-23(15)2/h3-5,8,12H,6-7H2,1-2H3,(H,17,24)(H2,18,19,25)/t12-/m1/s1. The highest BCUT2D eigenvalue weighted by atomic mass is 32.2. The normalized spacial score (nSPS) is 16.8. The SMILES string of the molecule is CC1=C(C(=O)NCCSc2nnnn2C)[C@@H](c2cccnc2)NC(=O)N1. The van der Waals surface area contributed by atoms with Crippen molar-refractivity contribution in [3.8, 4) is 0 Å². The minimum Gasteiger partial charge on any atom is -0.351 e. The van der Waals surface area contributed by atoms with Gasteiger partial charge in [-0.1, -0.05) is 17.8 Å². The monoisotopic (exact) mass is 374 g/mol. The predicted octanol–water partition coefficient (Wildman–Crippen LogP) is 0.141. The van der Waals surface area contributed by atoms with Gasteiger partial charge in [0.2, 0.25) is 5.16 Å². The number of carbonyl (C=O) groups excluding carboxylic acids is 2. The Kier molecular flexibility index (Phi) is 5.46. The maximum atomic E-state index is 12.7. The fraction of sp³-hybridized carbons (Fsp3) is 0.333. The van der Waals surface area contributed by atoms with E-state index in [0.717, 1.165) is 5.56 Å². The molecule has 3 rings (SSSR count). The molecule has 0 spiro atoms. The molecule has 3 amide bonds. The van der Waals surface area contributed by atoms with Crippen LogP contribution in [0, 0.1) is 0 Å². The lowest BCUT2D eigenvalue weighted by molar-refractivity contribution is -0.117. The number of aromatic nitrogens is 5. The van der Waals surface area contributed by atoms with Crippen LogP contribution in [0.3, 0.4) is 0 Å². The predicted molar refractivity (Wildman–Crippen MR) is 93.9 cm³/mol. The van der Waals surface area contributed by atoms with Gasteiger partial charge < -0.3 is 16.0 Å². The topological polar surface area (TPSA) is 127 Å². The Bertz CT molecular complexity index is 835. The minimum atomic E-state index is -0.548. The molecule has 3 N–H and O–H groups in total. The van der Waals surface area contributed by atoms with E-state index in [1.165, 1.54) is 11.8 Å². The Morgan fingerprint density at radius 2 is 2.31 bits per heavy atom. The fourth-order valence-electron chi connectivity index (χ4n) is 2.54. The van der Waals surface area contributed by atoms with E-state index in [2.05, 4.69) is 36.5 Å². The van der Waals surface area contributed by atoms with E-state index in [4.69, 9.17) is 0 Å². The number of nitrogens with one attached hydrogen (secondary N) is 3. The molecule has 1 atom stereocenters. The first kappa shape index (κ1) is 17.9. The van der Waals surface area contributed by atoms with Crippen molar-refractivity contribution in [1.82, 2.24) is 41.1 Å². The van der Waals surface area contributed by atoms with E-state index < -0.39 is 6.04 Å². The lowest BCUT2D eigenvalue weighted by Crippen LogP contribution is -2.47. The maximum Gasteiger partial charge on any atom is 0.319 e. The zero-order chi connectivity index (χ0) is 18.5. The quantitative estimate of drug-likeness (QED) is 0.485. The van der Waals surface area contributed by atoms with E-state index in [1.54, 1.807) is 37.1 Å². The molecule has 1 aliphatic rings. The molecule has 0 aromatic carbocycles. The summed E-state index contributed by atoms with van der Waals surface area (Å²) in [5.41, 5.74) is 1.72. The number of amides is 3. The molecule has 10 nitrogen and oxygen atoms in total. The van der Waals surface area contributed by atoms with Crippen molar-refractivity contribution in [3.05, 3.63) is 41.4 Å². The summed E-state index contributed by atoms with van der Waals surface area (Å²) in [6.07, 6.45) is 3.27. The van der Waals surface area contributed by atoms with Crippen molar-refractivity contribution in [2.75, 3.05) is 12.3 Å². The van der Waals surface area contributed by atoms with Gasteiger partial charge in [0.15, 0.2) is 0 Å². The van der Waals surface area contributed by atoms with Gasteiger partial charge in [-0.15, -0.1) is 5.10 Å². The van der Waals surface area contributed by atoms with E-state index in [-0.39, 0.29) is 11.9 Å². The number of pyridine rings is 1. The zero-order valence-corrected chi connectivity index (χ0v) is 15.1. The third-order valence-electron chi connectivity index (χ3n) is 3.73. The number of urea groups is 1. The van der Waals surface area contributed by atoms with Crippen LogP contribution in [0.25, 0.3) is 0 Å². The lowest BCUT2D eigenvalue weighted by atomic mass is 9.96. The van der Waals surface area contributed by atoms with Gasteiger partial charge in [0, 0.05) is 37.4 Å². The molecule has 3 heterocycles. The van der Waals surface area contributed by atoms with Crippen LogP contribution in [-0.4, -0.2) is 49.4 Å². The van der Waals surface area contributed by atoms with Crippen molar-refractivity contribution in [1.29, 1.82) is 0 Å². The summed E-state index contributed by atoms with van der Waals surface area (Å²) in [5, 5.41) is 20.1. The molecule has 0 radical (unpaired) electrons. The fourth-order valence-corrected chi connectivity index (χ4v) is 3.24. The van der Waals surface area contributed by atoms with E-state index in [0.29, 0.717) is 28.7 Å². The maximum absolute atomic E-state index is 12.7. The molecular weight excluding hydrogens is 356 g/mol. The number of hydrogen-bond acceptors (Lipinski definition) is 7. The third kappa shape index (κ3) is 3.99. The van der Waals surface area contributed by atoms with Gasteiger partial charge in [0.05, 0.1) is 11.6 Å². The number of carbonyl (C=O) groups is 2. The van der Waals surface area contributed by atoms with Crippen LogP contribution >= 0.6 is 11.8 Å². The first-order valence-corrected chi connectivity index (χ1v) is 8.86. The molecule has 0 aliphatic carbocycles. The van der Waals surface area contributed by atoms with Gasteiger partial charge in [-0.2, -0.15) is 0 Å². The van der Waals surface area contributed by atoms with Crippen LogP contribution in [0.2, 0.25) is 0 Å². The number of allylic oxidation sites excluding steroid dienone is 1. The summed E-state index contributed by atoms with van der Waals surface area (Å²) < 4.78 is 1.57. The lowest BCUT2D eigenvalue weighted by Gasteiger charge is -2.28. The number of hydrogen-bond donors (Lipinski definition) is 3. The minimum absolute atomic E-state index is 0.249. The Morgan fingerprint density at radius 1 is 1.46 bits per heavy atom. The number of rotatable bonds is 6. The van der Waals surface area contributed by atoms with Gasteiger partial charge in [-0.3, -0.25) is 9.78 Å². The molecule has 136 valence electrons. The highest BCUT2D eigenvalue weighted by molar-refractivity contribution is 7.99. The molecule has 1 aliphatic heterocycles. The van der Waals surface area contributed by atoms with Crippen LogP contribution in [0.15, 0.2) is 41.0 Å². The molecule has 26 heavy (non-hydrogen) atoms. The molecule has 11 heteroatoms. The van der Waals surface area contributed by atoms with E-state index in [1.807, 2.05) is 6.07 Å². The smallest absolute Gasteiger partial charge is 0.319 e. The first-order valence-electron chi connectivity index (χ1n) is 7.88. The third-order valence-corrected chi connectivity index (χ3v) is 4.74. The van der Waals surface area contributed by atoms with Gasteiger partial charge in [0.25, 0.3) is 5.91 Å². The highest BCUT2D eigenvalue weighted by Crippen LogP contribution is 2.26. The summed E-state index contributed by atoms with van der Waals surface area (Å²) in [6, 6.07) is 2.69. The number of tetrazole rings is 1. The molecular formula is C15H18N8O2S. The second-order valence-corrected chi connectivity index (χ2v) is 6.61. The summed E-state index contributed by atoms with van der Waals surface area (Å²) in [4.78, 5) is 28.6. The van der Waals surface area contributed by atoms with E-state index >= 15 is 0 Å². The van der Waals surface area contributed by atoms with Gasteiger partial charge in [-0.25, -0.2) is 9.48 Å². The summed E-state index contributed by atoms with van der Waals surface area (Å²) in [5.74, 6) is 0.365. The first-order chi connectivity index (χ1) is 12.6. The van der Waals surface area contributed by atoms with E-state index in [9.17, 15) is 9.59 Å². The zero-order valence-electron chi connectivity index (χ0n) is 14.3. The van der Waals surface area contributed by atoms with Crippen molar-refractivity contribution in [2.45, 2.75) is 18.1 Å². The van der Waals surface area contributed by atoms with Crippen molar-refractivity contribution in [2.24, 2.45) is 7.05 Å². The molecule has 0 saturated carbocycles. The molecule has 0 fully saturated rings. The average molecular weight is 374 g/mol. The van der Waals surface area contributed by atoms with Crippen molar-refractivity contribution < 1.29 is 9.59 Å². The molecule has 0 bridgehead atoms. The summed E-state index contributed by atoms with van der Waals surface area (Å²) in [6.45, 7) is 2.14. The Labute approximate surface area is 153 Å². The van der Waals surface area contributed by atoms with Crippen LogP contribution in [-0.2, 0) is 11.8 Å². The van der Waals surface area contributed by atoms with Crippen LogP contribution in [0.5, 0.6) is 0 Å². The van der Waals surface area contributed by atoms with Gasteiger partial charge in [-0.05, 0) is 29.0 Å². The highest BCUT2D eigenvalue weighted by Gasteiger charge is 2.31. The summed E-state index contributed by atoms with van der Waals surface area (Å²) >= 11 is 1.44. The van der Waals surface area contributed by atoms with Gasteiger partial charge in [0.1, 0.15) is 0 Å². The second-order valence-electron chi connectivity index (χ2n) is 5.55. The largest absolute Gasteiger partial charge is 0.351 e. The summed E-state index contributed by atoms with van der Waals surface area (Å²) in [7, 11) is 1.75. The molecule has 0 saturated heterocycles. The Hall–Kier alpha value is -2.95. The van der Waals surface area contributed by atoms with Gasteiger partial charge >= 0.3 is 6.03 Å².